The minimum atomic E-state index is -0.404. The molecule has 0 fully saturated rings. The fraction of sp³-hybridized carbons (Fsp3) is 0. The van der Waals surface area contributed by atoms with Crippen molar-refractivity contribution < 1.29 is 19.5 Å². The Morgan fingerprint density at radius 3 is 2.59 bits per heavy atom. The zero-order valence-corrected chi connectivity index (χ0v) is 17.9. The van der Waals surface area contributed by atoms with Crippen LogP contribution in [-0.2, 0) is 27.7 Å². The minimum absolute atomic E-state index is 0.137. The van der Waals surface area contributed by atoms with Crippen molar-refractivity contribution in [2.24, 2.45) is 15.9 Å². The molecule has 3 rings (SSSR count). The first-order valence-corrected chi connectivity index (χ1v) is 9.87. The Morgan fingerprint density at radius 1 is 1.30 bits per heavy atom. The molecule has 0 saturated heterocycles. The Hall–Kier alpha value is -1.59. The first-order chi connectivity index (χ1) is 13.0. The van der Waals surface area contributed by atoms with Gasteiger partial charge in [-0.2, -0.15) is 10.2 Å². The predicted octanol–water partition coefficient (Wildman–Crippen LogP) is 3.01. The number of nitrogens with zero attached hydrogens (tertiary/aromatic N) is 4. The van der Waals surface area contributed by atoms with E-state index >= 15 is 0 Å². The molecule has 3 aromatic rings. The molecule has 6 nitrogen and oxygen atoms in total. The zero-order chi connectivity index (χ0) is 20.0. The summed E-state index contributed by atoms with van der Waals surface area (Å²) in [5.41, 5.74) is 5.95. The molecule has 27 heavy (non-hydrogen) atoms. The monoisotopic (exact) mass is 564 g/mol. The molecule has 2 aromatic carbocycles. The number of amidine groups is 1. The van der Waals surface area contributed by atoms with Crippen molar-refractivity contribution in [2.75, 3.05) is 0 Å². The molecular weight excluding hydrogens is 555 g/mol. The van der Waals surface area contributed by atoms with Crippen LogP contribution >= 0.6 is 32.7 Å². The molecule has 0 radical (unpaired) electrons. The van der Waals surface area contributed by atoms with E-state index in [-0.39, 0.29) is 16.6 Å². The molecule has 2 N–H and O–H groups in total. The summed E-state index contributed by atoms with van der Waals surface area (Å²) < 4.78 is 15.5. The Labute approximate surface area is 185 Å². The van der Waals surface area contributed by atoms with E-state index in [1.165, 1.54) is 35.0 Å². The van der Waals surface area contributed by atoms with Crippen molar-refractivity contribution in [2.45, 2.75) is 0 Å². The molecular formula is C16H10ClCuFIN5OS. The summed E-state index contributed by atoms with van der Waals surface area (Å²) in [7, 11) is 4.20. The van der Waals surface area contributed by atoms with E-state index in [0.717, 1.165) is 3.57 Å². The van der Waals surface area contributed by atoms with Crippen molar-refractivity contribution in [3.63, 3.8) is 0 Å². The average molecular weight is 565 g/mol. The summed E-state index contributed by atoms with van der Waals surface area (Å²) in [5.74, 6) is -0.177. The van der Waals surface area contributed by atoms with Gasteiger partial charge in [0.1, 0.15) is 5.82 Å². The third-order valence-corrected chi connectivity index (χ3v) is 4.02. The average Bonchev–Trinajstić information content (AvgIpc) is 2.65. The van der Waals surface area contributed by atoms with Gasteiger partial charge in [0.2, 0.25) is 0 Å². The van der Waals surface area contributed by atoms with Gasteiger partial charge in [0.15, 0.2) is 5.82 Å². The van der Waals surface area contributed by atoms with Gasteiger partial charge in [0, 0.05) is 3.57 Å². The number of hydrogen-bond acceptors (Lipinski definition) is 5. The zero-order valence-electron chi connectivity index (χ0n) is 13.2. The van der Waals surface area contributed by atoms with Gasteiger partial charge >= 0.3 is 25.2 Å². The molecule has 0 spiro atoms. The second-order valence-electron chi connectivity index (χ2n) is 4.93. The van der Waals surface area contributed by atoms with Gasteiger partial charge in [-0.15, -0.1) is 0 Å². The fourth-order valence-electron chi connectivity index (χ4n) is 2.24. The van der Waals surface area contributed by atoms with Gasteiger partial charge in [-0.1, -0.05) is 0 Å². The summed E-state index contributed by atoms with van der Waals surface area (Å²) in [4.78, 5) is 17.4. The van der Waals surface area contributed by atoms with E-state index < -0.39 is 5.82 Å². The van der Waals surface area contributed by atoms with E-state index in [9.17, 15) is 9.18 Å². The van der Waals surface area contributed by atoms with Gasteiger partial charge in [-0.05, 0) is 70.2 Å². The summed E-state index contributed by atoms with van der Waals surface area (Å²) in [6, 6.07) is 10.8. The predicted molar refractivity (Wildman–Crippen MR) is 112 cm³/mol. The number of hydrogen-bond donors (Lipinski definition) is 1. The molecule has 0 saturated carbocycles. The quantitative estimate of drug-likeness (QED) is 0.132. The summed E-state index contributed by atoms with van der Waals surface area (Å²) in [6.07, 6.45) is 1.28. The maximum absolute atomic E-state index is 13.2. The second-order valence-corrected chi connectivity index (χ2v) is 6.60. The van der Waals surface area contributed by atoms with Gasteiger partial charge in [0.05, 0.1) is 22.8 Å². The first-order valence-electron chi connectivity index (χ1n) is 7.09. The SMILES string of the molecule is N/C([S-])=N/N=C/c1nc2ccc(I)cc2c(=O)n1-c1ccc(F)cc1.[Cl][Cu+]. The number of rotatable bonds is 3. The van der Waals surface area contributed by atoms with Crippen molar-refractivity contribution in [1.82, 2.24) is 9.55 Å². The number of nitrogens with two attached hydrogens (primary N) is 1. The van der Waals surface area contributed by atoms with Crippen LogP contribution in [0.4, 0.5) is 4.39 Å². The van der Waals surface area contributed by atoms with Crippen LogP contribution in [0.1, 0.15) is 5.82 Å². The van der Waals surface area contributed by atoms with Crippen LogP contribution in [0.15, 0.2) is 57.5 Å². The van der Waals surface area contributed by atoms with Gasteiger partial charge in [0.25, 0.3) is 5.56 Å². The van der Waals surface area contributed by atoms with E-state index in [0.29, 0.717) is 16.6 Å². The van der Waals surface area contributed by atoms with E-state index in [4.69, 9.17) is 5.73 Å². The van der Waals surface area contributed by atoms with E-state index in [1.807, 2.05) is 6.07 Å². The van der Waals surface area contributed by atoms with Gasteiger partial charge < -0.3 is 18.4 Å². The van der Waals surface area contributed by atoms with E-state index in [1.54, 1.807) is 12.1 Å². The molecule has 143 valence electrons. The van der Waals surface area contributed by atoms with Crippen LogP contribution in [0.2, 0.25) is 0 Å². The molecule has 0 unspecified atom stereocenters. The fourth-order valence-corrected chi connectivity index (χ4v) is 2.78. The Bertz CT molecular complexity index is 1070. The Morgan fingerprint density at radius 2 is 1.96 bits per heavy atom. The molecule has 0 atom stereocenters. The molecule has 1 aromatic heterocycles. The van der Waals surface area contributed by atoms with Crippen LogP contribution in [0.25, 0.3) is 16.6 Å². The molecule has 0 aliphatic carbocycles. The van der Waals surface area contributed by atoms with Gasteiger partial charge in [-0.3, -0.25) is 9.36 Å². The van der Waals surface area contributed by atoms with Crippen molar-refractivity contribution in [3.8, 4) is 5.69 Å². The Kier molecular flexibility index (Phi) is 8.11. The molecule has 0 aliphatic rings. The van der Waals surface area contributed by atoms with Crippen LogP contribution in [0.3, 0.4) is 0 Å². The molecule has 0 amide bonds. The summed E-state index contributed by atoms with van der Waals surface area (Å²) >= 11 is 10.4. The van der Waals surface area contributed by atoms with E-state index in [2.05, 4.69) is 75.6 Å². The maximum atomic E-state index is 13.2. The van der Waals surface area contributed by atoms with Crippen LogP contribution < -0.4 is 11.3 Å². The first kappa shape index (κ1) is 21.7. The number of aromatic nitrogens is 2. The number of halogens is 3. The molecule has 11 heteroatoms. The molecule has 0 aliphatic heterocycles. The molecule has 1 heterocycles. The normalized spacial score (nSPS) is 11.5. The number of benzene rings is 2. The number of fused-ring (bicyclic) bond motifs is 1. The third kappa shape index (κ3) is 5.45. The molecule has 0 bridgehead atoms. The third-order valence-electron chi connectivity index (χ3n) is 3.27. The second kappa shape index (κ2) is 10.1. The van der Waals surface area contributed by atoms with Crippen molar-refractivity contribution in [3.05, 3.63) is 68.0 Å². The topological polar surface area (TPSA) is 85.6 Å². The van der Waals surface area contributed by atoms with Crippen molar-refractivity contribution >= 4 is 67.6 Å². The summed E-state index contributed by atoms with van der Waals surface area (Å²) in [6.45, 7) is 0. The van der Waals surface area contributed by atoms with Crippen LogP contribution in [0, 0.1) is 9.39 Å². The van der Waals surface area contributed by atoms with Gasteiger partial charge in [-0.25, -0.2) is 9.37 Å². The standard InChI is InChI=1S/C16H11FIN5OS.ClH.Cu/c17-9-1-4-11(5-2-9)23-14(8-20-22-16(19)25)21-13-6-3-10(18)7-12(13)15(23)24;;/h1-8H,(H3,19,22,25);1H;/q;;+2/p-2/b20-8+;;. The van der Waals surface area contributed by atoms with Crippen molar-refractivity contribution in [1.29, 1.82) is 0 Å². The van der Waals surface area contributed by atoms with Crippen LogP contribution in [-0.4, -0.2) is 20.9 Å². The summed E-state index contributed by atoms with van der Waals surface area (Å²) in [5, 5.41) is 7.61. The Balaban J connectivity index is 0.00000126. The van der Waals surface area contributed by atoms with Crippen LogP contribution in [0.5, 0.6) is 0 Å².